The van der Waals surface area contributed by atoms with Gasteiger partial charge in [0, 0.05) is 12.4 Å². The number of carbonyl (C=O) groups is 1. The molecule has 1 aromatic rings. The second-order valence-corrected chi connectivity index (χ2v) is 2.24. The number of hydrogen-bond acceptors (Lipinski definition) is 2. The van der Waals surface area contributed by atoms with Crippen molar-refractivity contribution in [3.8, 4) is 0 Å². The largest absolute Gasteiger partial charge is 0.462 e. The van der Waals surface area contributed by atoms with E-state index in [0.717, 1.165) is 6.42 Å². The highest BCUT2D eigenvalue weighted by molar-refractivity contribution is 5.89. The van der Waals surface area contributed by atoms with Gasteiger partial charge in [0.05, 0.1) is 12.2 Å². The Morgan fingerprint density at radius 2 is 2.42 bits per heavy atom. The molecule has 0 unspecified atom stereocenters. The number of rotatable bonds is 3. The Morgan fingerprint density at radius 3 is 2.92 bits per heavy atom. The molecule has 0 saturated heterocycles. The van der Waals surface area contributed by atoms with Crippen molar-refractivity contribution in [3.05, 3.63) is 24.0 Å². The van der Waals surface area contributed by atoms with E-state index in [-0.39, 0.29) is 18.4 Å². The highest BCUT2D eigenvalue weighted by Crippen LogP contribution is 1.99. The number of nitrogens with one attached hydrogen (secondary N) is 1. The lowest BCUT2D eigenvalue weighted by Gasteiger charge is -1.98. The fourth-order valence-corrected chi connectivity index (χ4v) is 0.729. The number of aromatic amines is 1. The van der Waals surface area contributed by atoms with Gasteiger partial charge < -0.3 is 9.72 Å². The lowest BCUT2D eigenvalue weighted by atomic mass is 10.3. The highest BCUT2D eigenvalue weighted by Gasteiger charge is 2.04. The van der Waals surface area contributed by atoms with Crippen LogP contribution in [0.2, 0.25) is 0 Å². The minimum atomic E-state index is -0.256. The molecule has 0 bridgehead atoms. The number of esters is 1. The Labute approximate surface area is 77.5 Å². The number of H-pyrrole nitrogens is 1. The van der Waals surface area contributed by atoms with Gasteiger partial charge in [-0.25, -0.2) is 4.79 Å². The third-order valence-electron chi connectivity index (χ3n) is 1.27. The molecule has 0 spiro atoms. The number of aromatic nitrogens is 1. The maximum atomic E-state index is 11.0. The first kappa shape index (κ1) is 11.0. The van der Waals surface area contributed by atoms with Crippen LogP contribution < -0.4 is 0 Å². The molecule has 1 N–H and O–H groups in total. The highest BCUT2D eigenvalue weighted by atomic mass is 35.5. The van der Waals surface area contributed by atoms with Crippen LogP contribution in [0.4, 0.5) is 0 Å². The van der Waals surface area contributed by atoms with Crippen LogP contribution in [-0.2, 0) is 4.74 Å². The molecule has 68 valence electrons. The van der Waals surface area contributed by atoms with Gasteiger partial charge in [0.2, 0.25) is 0 Å². The smallest absolute Gasteiger partial charge is 0.339 e. The van der Waals surface area contributed by atoms with Gasteiger partial charge in [-0.2, -0.15) is 0 Å². The minimum absolute atomic E-state index is 0. The Balaban J connectivity index is 0.00000121. The van der Waals surface area contributed by atoms with Crippen LogP contribution in [0.3, 0.4) is 0 Å². The molecule has 1 aromatic heterocycles. The zero-order valence-corrected chi connectivity index (χ0v) is 7.69. The van der Waals surface area contributed by atoms with E-state index in [0.29, 0.717) is 12.2 Å². The summed E-state index contributed by atoms with van der Waals surface area (Å²) in [6.45, 7) is 2.45. The Kier molecular flexibility index (Phi) is 5.21. The molecular weight excluding hydrogens is 178 g/mol. The molecule has 1 rings (SSSR count). The maximum Gasteiger partial charge on any atom is 0.339 e. The molecule has 12 heavy (non-hydrogen) atoms. The van der Waals surface area contributed by atoms with E-state index in [2.05, 4.69) is 4.98 Å². The molecule has 0 aliphatic carbocycles. The molecule has 0 amide bonds. The van der Waals surface area contributed by atoms with Gasteiger partial charge >= 0.3 is 5.97 Å². The first-order valence-electron chi connectivity index (χ1n) is 3.64. The molecule has 0 aliphatic heterocycles. The quantitative estimate of drug-likeness (QED) is 0.740. The van der Waals surface area contributed by atoms with Crippen molar-refractivity contribution >= 4 is 18.4 Å². The van der Waals surface area contributed by atoms with E-state index in [1.165, 1.54) is 0 Å². The maximum absolute atomic E-state index is 11.0. The van der Waals surface area contributed by atoms with Crippen molar-refractivity contribution in [2.75, 3.05) is 6.61 Å². The number of ether oxygens (including phenoxy) is 1. The van der Waals surface area contributed by atoms with Crippen LogP contribution in [0.15, 0.2) is 18.5 Å². The summed E-state index contributed by atoms with van der Waals surface area (Å²) in [5.41, 5.74) is 0.582. The second-order valence-electron chi connectivity index (χ2n) is 2.24. The third-order valence-corrected chi connectivity index (χ3v) is 1.27. The van der Waals surface area contributed by atoms with E-state index in [9.17, 15) is 4.79 Å². The molecule has 0 fully saturated rings. The van der Waals surface area contributed by atoms with Crippen molar-refractivity contribution in [3.63, 3.8) is 0 Å². The Bertz CT molecular complexity index is 221. The molecule has 0 radical (unpaired) electrons. The van der Waals surface area contributed by atoms with Gasteiger partial charge in [-0.05, 0) is 12.5 Å². The van der Waals surface area contributed by atoms with Crippen LogP contribution in [-0.4, -0.2) is 17.6 Å². The van der Waals surface area contributed by atoms with Crippen molar-refractivity contribution in [2.24, 2.45) is 0 Å². The Morgan fingerprint density at radius 1 is 1.67 bits per heavy atom. The summed E-state index contributed by atoms with van der Waals surface area (Å²) in [4.78, 5) is 13.8. The molecule has 1 heterocycles. The van der Waals surface area contributed by atoms with Crippen LogP contribution in [0.5, 0.6) is 0 Å². The van der Waals surface area contributed by atoms with Crippen molar-refractivity contribution in [2.45, 2.75) is 13.3 Å². The fourth-order valence-electron chi connectivity index (χ4n) is 0.729. The molecular formula is C8H12ClNO2. The summed E-state index contributed by atoms with van der Waals surface area (Å²) < 4.78 is 4.88. The topological polar surface area (TPSA) is 42.1 Å². The average molecular weight is 190 g/mol. The van der Waals surface area contributed by atoms with Crippen LogP contribution >= 0.6 is 12.4 Å². The lowest BCUT2D eigenvalue weighted by Crippen LogP contribution is -2.04. The predicted octanol–water partition coefficient (Wildman–Crippen LogP) is 2.00. The molecule has 0 saturated carbocycles. The van der Waals surface area contributed by atoms with Crippen molar-refractivity contribution < 1.29 is 9.53 Å². The number of halogens is 1. The lowest BCUT2D eigenvalue weighted by molar-refractivity contribution is 0.0505. The molecule has 4 heteroatoms. The standard InChI is InChI=1S/C8H11NO2.ClH/c1-2-5-11-8(10)7-3-4-9-6-7;/h3-4,6,9H,2,5H2,1H3;1H. The summed E-state index contributed by atoms with van der Waals surface area (Å²) in [7, 11) is 0. The summed E-state index contributed by atoms with van der Waals surface area (Å²) in [6, 6.07) is 1.69. The van der Waals surface area contributed by atoms with Gasteiger partial charge in [-0.15, -0.1) is 12.4 Å². The third kappa shape index (κ3) is 2.96. The van der Waals surface area contributed by atoms with Crippen LogP contribution in [0, 0.1) is 0 Å². The summed E-state index contributed by atoms with van der Waals surface area (Å²) >= 11 is 0. The van der Waals surface area contributed by atoms with Crippen LogP contribution in [0.1, 0.15) is 23.7 Å². The normalized spacial score (nSPS) is 8.75. The zero-order chi connectivity index (χ0) is 8.10. The van der Waals surface area contributed by atoms with Gasteiger partial charge in [0.15, 0.2) is 0 Å². The zero-order valence-electron chi connectivity index (χ0n) is 6.87. The van der Waals surface area contributed by atoms with Crippen molar-refractivity contribution in [1.29, 1.82) is 0 Å². The number of carbonyl (C=O) groups excluding carboxylic acids is 1. The SMILES string of the molecule is CCCOC(=O)c1cc[nH]c1.Cl. The van der Waals surface area contributed by atoms with Gasteiger partial charge in [0.25, 0.3) is 0 Å². The van der Waals surface area contributed by atoms with E-state index in [1.54, 1.807) is 18.5 Å². The minimum Gasteiger partial charge on any atom is -0.462 e. The monoisotopic (exact) mass is 189 g/mol. The summed E-state index contributed by atoms with van der Waals surface area (Å²) in [6.07, 6.45) is 4.18. The second kappa shape index (κ2) is 5.66. The average Bonchev–Trinajstić information content (AvgIpc) is 2.52. The summed E-state index contributed by atoms with van der Waals surface area (Å²) in [5, 5.41) is 0. The van der Waals surface area contributed by atoms with Gasteiger partial charge in [0.1, 0.15) is 0 Å². The van der Waals surface area contributed by atoms with E-state index in [4.69, 9.17) is 4.74 Å². The molecule has 3 nitrogen and oxygen atoms in total. The van der Waals surface area contributed by atoms with Crippen molar-refractivity contribution in [1.82, 2.24) is 4.98 Å². The van der Waals surface area contributed by atoms with E-state index >= 15 is 0 Å². The number of hydrogen-bond donors (Lipinski definition) is 1. The van der Waals surface area contributed by atoms with E-state index in [1.807, 2.05) is 6.92 Å². The molecule has 0 aliphatic rings. The Hall–Kier alpha value is -0.960. The van der Waals surface area contributed by atoms with Crippen LogP contribution in [0.25, 0.3) is 0 Å². The fraction of sp³-hybridized carbons (Fsp3) is 0.375. The first-order chi connectivity index (χ1) is 5.34. The first-order valence-corrected chi connectivity index (χ1v) is 3.64. The molecule has 0 aromatic carbocycles. The summed E-state index contributed by atoms with van der Waals surface area (Å²) in [5.74, 6) is -0.256. The van der Waals surface area contributed by atoms with Gasteiger partial charge in [-0.1, -0.05) is 6.92 Å². The molecule has 0 atom stereocenters. The predicted molar refractivity (Wildman–Crippen MR) is 48.6 cm³/mol. The van der Waals surface area contributed by atoms with Gasteiger partial charge in [-0.3, -0.25) is 0 Å². The van der Waals surface area contributed by atoms with E-state index < -0.39 is 0 Å².